The highest BCUT2D eigenvalue weighted by Gasteiger charge is 2.25. The van der Waals surface area contributed by atoms with Gasteiger partial charge >= 0.3 is 0 Å². The average Bonchev–Trinajstić information content (AvgIpc) is 3.30. The van der Waals surface area contributed by atoms with E-state index in [0.717, 1.165) is 17.1 Å². The second-order valence-electron chi connectivity index (χ2n) is 14.4. The van der Waals surface area contributed by atoms with Gasteiger partial charge in [0.2, 0.25) is 0 Å². The van der Waals surface area contributed by atoms with Crippen LogP contribution in [0, 0.1) is 0 Å². The topological polar surface area (TPSA) is 3.24 Å². The van der Waals surface area contributed by atoms with E-state index < -0.39 is 0 Å². The van der Waals surface area contributed by atoms with Gasteiger partial charge in [-0.2, -0.15) is 0 Å². The van der Waals surface area contributed by atoms with E-state index in [-0.39, 0.29) is 0 Å². The fraction of sp³-hybridized carbons (Fsp3) is 0. The highest BCUT2D eigenvalue weighted by Crippen LogP contribution is 2.52. The predicted molar refractivity (Wildman–Crippen MR) is 243 cm³/mol. The van der Waals surface area contributed by atoms with Crippen LogP contribution in [-0.2, 0) is 0 Å². The minimum atomic E-state index is 1.12. The van der Waals surface area contributed by atoms with Crippen LogP contribution in [0.5, 0.6) is 0 Å². The van der Waals surface area contributed by atoms with Crippen molar-refractivity contribution in [3.05, 3.63) is 237 Å². The molecule has 0 atom stereocenters. The molecule has 10 aromatic rings. The van der Waals surface area contributed by atoms with E-state index in [9.17, 15) is 0 Å². The highest BCUT2D eigenvalue weighted by molar-refractivity contribution is 6.19. The Kier molecular flexibility index (Phi) is 8.95. The summed E-state index contributed by atoms with van der Waals surface area (Å²) in [6.07, 6.45) is 0. The van der Waals surface area contributed by atoms with E-state index in [1.807, 2.05) is 0 Å². The Bertz CT molecular complexity index is 2920. The standard InChI is InChI=1S/C56H39N/c1-7-21-40(22-8-1)53-50-36-35-44(47-37-38-52(49-34-20-19-33-48(47)49)57(45-29-15-5-16-30-45)46-31-17-6-18-32-46)39-51(50)54(41-23-9-2-10-24-41)56(43-27-13-4-14-28-43)55(53)42-25-11-3-12-26-42/h1-39H. The molecular formula is C56H39N. The molecule has 0 radical (unpaired) electrons. The van der Waals surface area contributed by atoms with Crippen LogP contribution in [0.1, 0.15) is 0 Å². The molecule has 0 amide bonds. The number of hydrogen-bond donors (Lipinski definition) is 0. The van der Waals surface area contributed by atoms with Crippen molar-refractivity contribution < 1.29 is 0 Å². The summed E-state index contributed by atoms with van der Waals surface area (Å²) in [6, 6.07) is 85.6. The normalized spacial score (nSPS) is 11.2. The molecule has 0 spiro atoms. The van der Waals surface area contributed by atoms with Crippen LogP contribution in [-0.4, -0.2) is 0 Å². The fourth-order valence-electron chi connectivity index (χ4n) is 8.56. The summed E-state index contributed by atoms with van der Waals surface area (Å²) in [6.45, 7) is 0. The molecule has 0 aromatic heterocycles. The Balaban J connectivity index is 1.29. The van der Waals surface area contributed by atoms with Crippen molar-refractivity contribution in [2.24, 2.45) is 0 Å². The lowest BCUT2D eigenvalue weighted by molar-refractivity contribution is 1.30. The largest absolute Gasteiger partial charge is 0.310 e. The third-order valence-corrected chi connectivity index (χ3v) is 11.0. The number of anilines is 3. The molecule has 0 N–H and O–H groups in total. The maximum absolute atomic E-state index is 2.44. The second kappa shape index (κ2) is 15.0. The quantitative estimate of drug-likeness (QED) is 0.151. The Morgan fingerprint density at radius 1 is 0.228 bits per heavy atom. The zero-order chi connectivity index (χ0) is 38.0. The fourth-order valence-corrected chi connectivity index (χ4v) is 8.56. The Morgan fingerprint density at radius 3 is 1.09 bits per heavy atom. The average molecular weight is 726 g/mol. The van der Waals surface area contributed by atoms with E-state index in [0.29, 0.717) is 0 Å². The molecule has 10 rings (SSSR count). The van der Waals surface area contributed by atoms with Crippen LogP contribution in [0.3, 0.4) is 0 Å². The molecule has 0 saturated carbocycles. The second-order valence-corrected chi connectivity index (χ2v) is 14.4. The molecular weight excluding hydrogens is 687 g/mol. The monoisotopic (exact) mass is 725 g/mol. The SMILES string of the molecule is c1ccc(-c2c(-c3ccccc3)c(-c3ccccc3)c3cc(-c4ccc(N(c5ccccc5)c5ccccc5)c5ccccc45)ccc3c2-c2ccccc2)cc1. The molecule has 1 nitrogen and oxygen atoms in total. The van der Waals surface area contributed by atoms with Crippen molar-refractivity contribution in [2.75, 3.05) is 4.90 Å². The molecule has 0 bridgehead atoms. The van der Waals surface area contributed by atoms with E-state index in [1.54, 1.807) is 0 Å². The van der Waals surface area contributed by atoms with Crippen molar-refractivity contribution >= 4 is 38.6 Å². The van der Waals surface area contributed by atoms with Gasteiger partial charge in [0.15, 0.2) is 0 Å². The first-order valence-corrected chi connectivity index (χ1v) is 19.6. The van der Waals surface area contributed by atoms with Gasteiger partial charge < -0.3 is 4.90 Å². The van der Waals surface area contributed by atoms with Crippen LogP contribution in [0.2, 0.25) is 0 Å². The number of hydrogen-bond acceptors (Lipinski definition) is 1. The summed E-state index contributed by atoms with van der Waals surface area (Å²) in [5.41, 5.74) is 15.5. The summed E-state index contributed by atoms with van der Waals surface area (Å²) in [4.78, 5) is 2.36. The van der Waals surface area contributed by atoms with E-state index >= 15 is 0 Å². The van der Waals surface area contributed by atoms with Gasteiger partial charge in [-0.25, -0.2) is 0 Å². The number of benzene rings is 10. The third-order valence-electron chi connectivity index (χ3n) is 11.0. The summed E-state index contributed by atoms with van der Waals surface area (Å²) < 4.78 is 0. The van der Waals surface area contributed by atoms with Gasteiger partial charge in [0.05, 0.1) is 5.69 Å². The summed E-state index contributed by atoms with van der Waals surface area (Å²) >= 11 is 0. The van der Waals surface area contributed by atoms with Crippen molar-refractivity contribution in [1.82, 2.24) is 0 Å². The molecule has 57 heavy (non-hydrogen) atoms. The van der Waals surface area contributed by atoms with Gasteiger partial charge in [0.25, 0.3) is 0 Å². The lowest BCUT2D eigenvalue weighted by Gasteiger charge is -2.27. The minimum Gasteiger partial charge on any atom is -0.310 e. The summed E-state index contributed by atoms with van der Waals surface area (Å²) in [5.74, 6) is 0. The van der Waals surface area contributed by atoms with Crippen molar-refractivity contribution in [2.45, 2.75) is 0 Å². The maximum Gasteiger partial charge on any atom is 0.0540 e. The van der Waals surface area contributed by atoms with Gasteiger partial charge in [-0.3, -0.25) is 0 Å². The molecule has 0 aliphatic rings. The van der Waals surface area contributed by atoms with Gasteiger partial charge in [0, 0.05) is 16.8 Å². The highest BCUT2D eigenvalue weighted by atomic mass is 15.1. The van der Waals surface area contributed by atoms with E-state index in [2.05, 4.69) is 241 Å². The number of fused-ring (bicyclic) bond motifs is 2. The predicted octanol–water partition coefficient (Wildman–Crippen LogP) is 15.8. The van der Waals surface area contributed by atoms with Crippen molar-refractivity contribution in [3.8, 4) is 55.6 Å². The first-order chi connectivity index (χ1) is 28.3. The Labute approximate surface area is 334 Å². The molecule has 0 unspecified atom stereocenters. The van der Waals surface area contributed by atoms with E-state index in [1.165, 1.54) is 77.2 Å². The first-order valence-electron chi connectivity index (χ1n) is 19.6. The maximum atomic E-state index is 2.44. The molecule has 0 fully saturated rings. The number of nitrogens with zero attached hydrogens (tertiary/aromatic N) is 1. The molecule has 268 valence electrons. The van der Waals surface area contributed by atoms with E-state index in [4.69, 9.17) is 0 Å². The zero-order valence-electron chi connectivity index (χ0n) is 31.5. The van der Waals surface area contributed by atoms with Gasteiger partial charge in [-0.05, 0) is 108 Å². The Morgan fingerprint density at radius 2 is 0.614 bits per heavy atom. The molecule has 10 aromatic carbocycles. The molecule has 1 heteroatoms. The van der Waals surface area contributed by atoms with Crippen molar-refractivity contribution in [3.63, 3.8) is 0 Å². The van der Waals surface area contributed by atoms with Crippen LogP contribution >= 0.6 is 0 Å². The third kappa shape index (κ3) is 6.26. The number of rotatable bonds is 8. The van der Waals surface area contributed by atoms with Gasteiger partial charge in [-0.1, -0.05) is 200 Å². The summed E-state index contributed by atoms with van der Waals surface area (Å²) in [7, 11) is 0. The van der Waals surface area contributed by atoms with Gasteiger partial charge in [0.1, 0.15) is 0 Å². The summed E-state index contributed by atoms with van der Waals surface area (Å²) in [5, 5.41) is 4.85. The van der Waals surface area contributed by atoms with Crippen LogP contribution in [0.4, 0.5) is 17.1 Å². The Hall–Kier alpha value is -7.48. The number of para-hydroxylation sites is 2. The lowest BCUT2D eigenvalue weighted by Crippen LogP contribution is -2.10. The van der Waals surface area contributed by atoms with Crippen LogP contribution in [0.15, 0.2) is 237 Å². The smallest absolute Gasteiger partial charge is 0.0540 e. The van der Waals surface area contributed by atoms with Crippen LogP contribution in [0.25, 0.3) is 77.2 Å². The minimum absolute atomic E-state index is 1.12. The van der Waals surface area contributed by atoms with Gasteiger partial charge in [-0.15, -0.1) is 0 Å². The van der Waals surface area contributed by atoms with Crippen molar-refractivity contribution in [1.29, 1.82) is 0 Å². The lowest BCUT2D eigenvalue weighted by atomic mass is 9.78. The van der Waals surface area contributed by atoms with Crippen LogP contribution < -0.4 is 4.90 Å². The first kappa shape index (κ1) is 34.0. The molecule has 0 aliphatic carbocycles. The molecule has 0 saturated heterocycles. The molecule has 0 heterocycles. The molecule has 0 aliphatic heterocycles. The zero-order valence-corrected chi connectivity index (χ0v) is 31.5.